The molecule has 3 rings (SSSR count). The number of aromatic nitrogens is 3. The monoisotopic (exact) mass is 306 g/mol. The fraction of sp³-hybridized carbons (Fsp3) is 0. The third-order valence-electron chi connectivity index (χ3n) is 2.60. The Labute approximate surface area is 110 Å². The predicted molar refractivity (Wildman–Crippen MR) is 70.5 cm³/mol. The summed E-state index contributed by atoms with van der Waals surface area (Å²) in [5, 5.41) is 8.12. The molecule has 0 bridgehead atoms. The van der Waals surface area contributed by atoms with Crippen molar-refractivity contribution in [1.29, 1.82) is 0 Å². The van der Waals surface area contributed by atoms with Crippen LogP contribution in [-0.4, -0.2) is 14.6 Å². The molecule has 18 heavy (non-hydrogen) atoms. The number of halogens is 2. The first kappa shape index (κ1) is 11.2. The van der Waals surface area contributed by atoms with Crippen LogP contribution in [0.5, 0.6) is 0 Å². The van der Waals surface area contributed by atoms with E-state index in [9.17, 15) is 4.39 Å². The minimum absolute atomic E-state index is 0.284. The lowest BCUT2D eigenvalue weighted by molar-refractivity contribution is 0.628. The zero-order valence-corrected chi connectivity index (χ0v) is 10.7. The Balaban J connectivity index is 2.27. The van der Waals surface area contributed by atoms with Crippen molar-refractivity contribution in [3.05, 3.63) is 46.8 Å². The summed E-state index contributed by atoms with van der Waals surface area (Å²) >= 11 is 3.37. The average molecular weight is 307 g/mol. The maximum Gasteiger partial charge on any atom is 0.184 e. The minimum Gasteiger partial charge on any atom is -0.396 e. The lowest BCUT2D eigenvalue weighted by Crippen LogP contribution is -1.94. The second-order valence-corrected chi connectivity index (χ2v) is 4.75. The van der Waals surface area contributed by atoms with Crippen LogP contribution in [0.1, 0.15) is 0 Å². The Morgan fingerprint density at radius 2 is 1.89 bits per heavy atom. The number of nitrogens with two attached hydrogens (primary N) is 1. The van der Waals surface area contributed by atoms with Crippen LogP contribution in [0.2, 0.25) is 0 Å². The molecule has 4 nitrogen and oxygen atoms in total. The van der Waals surface area contributed by atoms with E-state index < -0.39 is 0 Å². The number of fused-ring (bicyclic) bond motifs is 1. The van der Waals surface area contributed by atoms with Crippen molar-refractivity contribution in [2.45, 2.75) is 0 Å². The number of benzene rings is 1. The van der Waals surface area contributed by atoms with Crippen LogP contribution in [0.15, 0.2) is 41.0 Å². The molecule has 2 N–H and O–H groups in total. The Morgan fingerprint density at radius 3 is 2.61 bits per heavy atom. The standard InChI is InChI=1S/C12H8BrFN4/c13-8-5-10(15)12-17-16-11(18(12)6-8)7-1-3-9(14)4-2-7/h1-6H,15H2. The van der Waals surface area contributed by atoms with Crippen molar-refractivity contribution in [2.24, 2.45) is 0 Å². The van der Waals surface area contributed by atoms with E-state index in [0.717, 1.165) is 10.0 Å². The van der Waals surface area contributed by atoms with Gasteiger partial charge in [0.2, 0.25) is 0 Å². The van der Waals surface area contributed by atoms with Crippen molar-refractivity contribution in [2.75, 3.05) is 5.73 Å². The molecule has 90 valence electrons. The Morgan fingerprint density at radius 1 is 1.17 bits per heavy atom. The molecule has 0 radical (unpaired) electrons. The molecule has 2 aromatic heterocycles. The normalized spacial score (nSPS) is 11.0. The summed E-state index contributed by atoms with van der Waals surface area (Å²) in [6.07, 6.45) is 1.82. The summed E-state index contributed by atoms with van der Waals surface area (Å²) in [6.45, 7) is 0. The molecular formula is C12H8BrFN4. The van der Waals surface area contributed by atoms with Gasteiger partial charge in [0.25, 0.3) is 0 Å². The van der Waals surface area contributed by atoms with Crippen molar-refractivity contribution in [1.82, 2.24) is 14.6 Å². The summed E-state index contributed by atoms with van der Waals surface area (Å²) in [4.78, 5) is 0. The lowest BCUT2D eigenvalue weighted by Gasteiger charge is -2.02. The molecule has 2 heterocycles. The first-order chi connectivity index (χ1) is 8.65. The molecule has 0 amide bonds. The SMILES string of the molecule is Nc1cc(Br)cn2c(-c3ccc(F)cc3)nnc12. The second-order valence-electron chi connectivity index (χ2n) is 3.84. The molecule has 0 aliphatic carbocycles. The van der Waals surface area contributed by atoms with Crippen LogP contribution in [0.3, 0.4) is 0 Å². The summed E-state index contributed by atoms with van der Waals surface area (Å²) in [5.74, 6) is 0.339. The molecule has 0 saturated carbocycles. The van der Waals surface area contributed by atoms with E-state index in [1.165, 1.54) is 12.1 Å². The van der Waals surface area contributed by atoms with Crippen LogP contribution in [-0.2, 0) is 0 Å². The van der Waals surface area contributed by atoms with Crippen LogP contribution >= 0.6 is 15.9 Å². The van der Waals surface area contributed by atoms with Gasteiger partial charge in [-0.3, -0.25) is 4.40 Å². The van der Waals surface area contributed by atoms with Crippen molar-refractivity contribution in [3.63, 3.8) is 0 Å². The molecular weight excluding hydrogens is 299 g/mol. The van der Waals surface area contributed by atoms with Gasteiger partial charge in [0.05, 0.1) is 5.69 Å². The summed E-state index contributed by atoms with van der Waals surface area (Å²) in [6, 6.07) is 7.85. The maximum atomic E-state index is 12.9. The third kappa shape index (κ3) is 1.74. The Bertz CT molecular complexity index is 721. The average Bonchev–Trinajstić information content (AvgIpc) is 2.74. The van der Waals surface area contributed by atoms with Gasteiger partial charge in [0.15, 0.2) is 11.5 Å². The minimum atomic E-state index is -0.284. The van der Waals surface area contributed by atoms with E-state index in [1.807, 2.05) is 6.20 Å². The van der Waals surface area contributed by atoms with Gasteiger partial charge in [-0.2, -0.15) is 0 Å². The Kier molecular flexibility index (Phi) is 2.52. The molecule has 0 aliphatic rings. The highest BCUT2D eigenvalue weighted by Gasteiger charge is 2.10. The van der Waals surface area contributed by atoms with Crippen LogP contribution < -0.4 is 5.73 Å². The highest BCUT2D eigenvalue weighted by Crippen LogP contribution is 2.24. The van der Waals surface area contributed by atoms with E-state index in [2.05, 4.69) is 26.1 Å². The summed E-state index contributed by atoms with van der Waals surface area (Å²) in [5.41, 5.74) is 7.75. The molecule has 0 unspecified atom stereocenters. The van der Waals surface area contributed by atoms with Gasteiger partial charge in [-0.05, 0) is 46.3 Å². The maximum absolute atomic E-state index is 12.9. The van der Waals surface area contributed by atoms with Crippen molar-refractivity contribution < 1.29 is 4.39 Å². The molecule has 0 saturated heterocycles. The molecule has 0 fully saturated rings. The third-order valence-corrected chi connectivity index (χ3v) is 3.04. The summed E-state index contributed by atoms with van der Waals surface area (Å²) < 4.78 is 15.5. The van der Waals surface area contributed by atoms with Gasteiger partial charge in [-0.1, -0.05) is 0 Å². The fourth-order valence-corrected chi connectivity index (χ4v) is 2.23. The van der Waals surface area contributed by atoms with Crippen LogP contribution in [0.25, 0.3) is 17.0 Å². The lowest BCUT2D eigenvalue weighted by atomic mass is 10.2. The van der Waals surface area contributed by atoms with Gasteiger partial charge >= 0.3 is 0 Å². The topological polar surface area (TPSA) is 56.2 Å². The molecule has 6 heteroatoms. The molecule has 1 aromatic carbocycles. The van der Waals surface area contributed by atoms with Crippen molar-refractivity contribution in [3.8, 4) is 11.4 Å². The molecule has 3 aromatic rings. The number of nitrogen functional groups attached to an aromatic ring is 1. The van der Waals surface area contributed by atoms with E-state index >= 15 is 0 Å². The zero-order valence-electron chi connectivity index (χ0n) is 9.14. The predicted octanol–water partition coefficient (Wildman–Crippen LogP) is 2.88. The Hall–Kier alpha value is -1.95. The zero-order chi connectivity index (χ0) is 12.7. The number of rotatable bonds is 1. The highest BCUT2D eigenvalue weighted by molar-refractivity contribution is 9.10. The van der Waals surface area contributed by atoms with E-state index in [4.69, 9.17) is 5.73 Å². The number of hydrogen-bond acceptors (Lipinski definition) is 3. The van der Waals surface area contributed by atoms with Gasteiger partial charge in [-0.15, -0.1) is 10.2 Å². The van der Waals surface area contributed by atoms with Gasteiger partial charge in [0, 0.05) is 16.2 Å². The first-order valence-corrected chi connectivity index (χ1v) is 6.00. The van der Waals surface area contributed by atoms with Gasteiger partial charge in [0.1, 0.15) is 5.82 Å². The van der Waals surface area contributed by atoms with E-state index in [0.29, 0.717) is 17.2 Å². The largest absolute Gasteiger partial charge is 0.396 e. The van der Waals surface area contributed by atoms with E-state index in [-0.39, 0.29) is 5.82 Å². The number of nitrogens with zero attached hydrogens (tertiary/aromatic N) is 3. The fourth-order valence-electron chi connectivity index (χ4n) is 1.78. The summed E-state index contributed by atoms with van der Waals surface area (Å²) in [7, 11) is 0. The number of pyridine rings is 1. The smallest absolute Gasteiger partial charge is 0.184 e. The van der Waals surface area contributed by atoms with Crippen LogP contribution in [0, 0.1) is 5.82 Å². The van der Waals surface area contributed by atoms with Gasteiger partial charge < -0.3 is 5.73 Å². The highest BCUT2D eigenvalue weighted by atomic mass is 79.9. The van der Waals surface area contributed by atoms with E-state index in [1.54, 1.807) is 22.6 Å². The second kappa shape index (κ2) is 4.06. The van der Waals surface area contributed by atoms with Crippen molar-refractivity contribution >= 4 is 27.3 Å². The quantitative estimate of drug-likeness (QED) is 0.752. The number of hydrogen-bond donors (Lipinski definition) is 1. The first-order valence-electron chi connectivity index (χ1n) is 5.21. The molecule has 0 atom stereocenters. The molecule has 0 aliphatic heterocycles. The van der Waals surface area contributed by atoms with Crippen LogP contribution in [0.4, 0.5) is 10.1 Å². The number of anilines is 1. The molecule has 0 spiro atoms. The van der Waals surface area contributed by atoms with Gasteiger partial charge in [-0.25, -0.2) is 4.39 Å².